The fourth-order valence-electron chi connectivity index (χ4n) is 2.86. The topological polar surface area (TPSA) is 103 Å². The summed E-state index contributed by atoms with van der Waals surface area (Å²) < 4.78 is 20.3. The Morgan fingerprint density at radius 2 is 1.93 bits per heavy atom. The van der Waals surface area contributed by atoms with Crippen LogP contribution in [0.5, 0.6) is 11.5 Å². The lowest BCUT2D eigenvalue weighted by molar-refractivity contribution is -0.151. The van der Waals surface area contributed by atoms with Gasteiger partial charge in [0.05, 0.1) is 27.2 Å². The van der Waals surface area contributed by atoms with Crippen molar-refractivity contribution in [2.24, 2.45) is 0 Å². The smallest absolute Gasteiger partial charge is 0.308 e. The number of benzene rings is 1. The van der Waals surface area contributed by atoms with E-state index in [9.17, 15) is 14.4 Å². The van der Waals surface area contributed by atoms with Crippen LogP contribution in [0.2, 0.25) is 0 Å². The van der Waals surface area contributed by atoms with Crippen LogP contribution >= 0.6 is 0 Å². The van der Waals surface area contributed by atoms with E-state index in [0.717, 1.165) is 5.56 Å². The second-order valence-corrected chi connectivity index (χ2v) is 6.20. The van der Waals surface area contributed by atoms with Gasteiger partial charge in [0.2, 0.25) is 11.8 Å². The lowest BCUT2D eigenvalue weighted by Gasteiger charge is -2.33. The largest absolute Gasteiger partial charge is 0.493 e. The third-order valence-corrected chi connectivity index (χ3v) is 4.35. The zero-order chi connectivity index (χ0) is 21.2. The van der Waals surface area contributed by atoms with Crippen molar-refractivity contribution in [2.75, 3.05) is 47.6 Å². The third kappa shape index (κ3) is 6.21. The highest BCUT2D eigenvalue weighted by Gasteiger charge is 2.34. The molecule has 1 saturated heterocycles. The summed E-state index contributed by atoms with van der Waals surface area (Å²) in [5.41, 5.74) is 0.730. The predicted molar refractivity (Wildman–Crippen MR) is 105 cm³/mol. The maximum atomic E-state index is 12.7. The number of hydrogen-bond donors (Lipinski definition) is 1. The van der Waals surface area contributed by atoms with Gasteiger partial charge >= 0.3 is 5.97 Å². The normalized spacial score (nSPS) is 16.4. The van der Waals surface area contributed by atoms with Gasteiger partial charge in [0.25, 0.3) is 0 Å². The van der Waals surface area contributed by atoms with Gasteiger partial charge in [0.1, 0.15) is 12.6 Å². The summed E-state index contributed by atoms with van der Waals surface area (Å²) in [7, 11) is 4.56. The minimum Gasteiger partial charge on any atom is -0.493 e. The molecule has 9 nitrogen and oxygen atoms in total. The molecule has 0 bridgehead atoms. The molecule has 0 saturated carbocycles. The number of carbonyl (C=O) groups excluding carboxylic acids is 3. The van der Waals surface area contributed by atoms with Gasteiger partial charge in [-0.15, -0.1) is 0 Å². The molecule has 29 heavy (non-hydrogen) atoms. The molecule has 1 unspecified atom stereocenters. The lowest BCUT2D eigenvalue weighted by atomic mass is 10.1. The van der Waals surface area contributed by atoms with Crippen molar-refractivity contribution < 1.29 is 33.3 Å². The molecule has 0 aromatic heterocycles. The highest BCUT2D eigenvalue weighted by atomic mass is 16.6. The number of rotatable bonds is 9. The van der Waals surface area contributed by atoms with Crippen LogP contribution in [-0.2, 0) is 23.9 Å². The average molecular weight is 406 g/mol. The van der Waals surface area contributed by atoms with Crippen molar-refractivity contribution in [1.82, 2.24) is 10.2 Å². The molecule has 1 aromatic rings. The Bertz CT molecular complexity index is 763. The first-order valence-electron chi connectivity index (χ1n) is 9.13. The van der Waals surface area contributed by atoms with Crippen molar-refractivity contribution in [3.63, 3.8) is 0 Å². The predicted octanol–water partition coefficient (Wildman–Crippen LogP) is 0.624. The number of nitrogens with zero attached hydrogens (tertiary/aromatic N) is 1. The van der Waals surface area contributed by atoms with Crippen LogP contribution in [0.3, 0.4) is 0 Å². The minimum absolute atomic E-state index is 0.0941. The fraction of sp³-hybridized carbons (Fsp3) is 0.450. The molecule has 1 atom stereocenters. The maximum Gasteiger partial charge on any atom is 0.308 e. The fourth-order valence-corrected chi connectivity index (χ4v) is 2.86. The Kier molecular flexibility index (Phi) is 8.47. The average Bonchev–Trinajstić information content (AvgIpc) is 2.73. The molecule has 1 heterocycles. The molecule has 0 radical (unpaired) electrons. The Labute approximate surface area is 169 Å². The van der Waals surface area contributed by atoms with Crippen LogP contribution < -0.4 is 14.8 Å². The standard InChI is InChI=1S/C20H26N2O7/c1-26-10-11-29-19(24)13-15-20(25)21-8-9-22(15)18(23)7-5-14-4-6-16(27-2)17(12-14)28-3/h4-7,12,15H,8-11,13H2,1-3H3,(H,21,25)/b7-5+. The van der Waals surface area contributed by atoms with E-state index in [1.165, 1.54) is 25.2 Å². The van der Waals surface area contributed by atoms with Crippen molar-refractivity contribution in [3.05, 3.63) is 29.8 Å². The molecule has 1 fully saturated rings. The quantitative estimate of drug-likeness (QED) is 0.364. The molecule has 1 aliphatic rings. The highest BCUT2D eigenvalue weighted by molar-refractivity contribution is 5.97. The molecule has 1 aliphatic heterocycles. The van der Waals surface area contributed by atoms with Crippen molar-refractivity contribution >= 4 is 23.9 Å². The van der Waals surface area contributed by atoms with Gasteiger partial charge in [-0.3, -0.25) is 14.4 Å². The molecule has 1 aromatic carbocycles. The summed E-state index contributed by atoms with van der Waals surface area (Å²) in [4.78, 5) is 38.2. The highest BCUT2D eigenvalue weighted by Crippen LogP contribution is 2.28. The minimum atomic E-state index is -0.915. The van der Waals surface area contributed by atoms with Crippen LogP contribution in [0.25, 0.3) is 6.08 Å². The lowest BCUT2D eigenvalue weighted by Crippen LogP contribution is -2.57. The first-order valence-corrected chi connectivity index (χ1v) is 9.13. The van der Waals surface area contributed by atoms with Gasteiger partial charge in [0, 0.05) is 26.3 Å². The summed E-state index contributed by atoms with van der Waals surface area (Å²) >= 11 is 0. The van der Waals surface area contributed by atoms with Crippen LogP contribution in [0.15, 0.2) is 24.3 Å². The Balaban J connectivity index is 2.07. The number of methoxy groups -OCH3 is 3. The zero-order valence-electron chi connectivity index (χ0n) is 16.8. The molecule has 158 valence electrons. The van der Waals surface area contributed by atoms with Gasteiger partial charge in [-0.1, -0.05) is 6.07 Å². The van der Waals surface area contributed by atoms with E-state index < -0.39 is 12.0 Å². The Morgan fingerprint density at radius 3 is 2.62 bits per heavy atom. The molecular weight excluding hydrogens is 380 g/mol. The van der Waals surface area contributed by atoms with Crippen LogP contribution in [0.4, 0.5) is 0 Å². The van der Waals surface area contributed by atoms with E-state index in [1.54, 1.807) is 31.4 Å². The first-order chi connectivity index (χ1) is 14.0. The second-order valence-electron chi connectivity index (χ2n) is 6.20. The Hall–Kier alpha value is -3.07. The number of amides is 2. The molecular formula is C20H26N2O7. The summed E-state index contributed by atoms with van der Waals surface area (Å²) in [5, 5.41) is 2.67. The molecule has 0 aliphatic carbocycles. The summed E-state index contributed by atoms with van der Waals surface area (Å²) in [6.07, 6.45) is 2.76. The van der Waals surface area contributed by atoms with Crippen molar-refractivity contribution in [2.45, 2.75) is 12.5 Å². The number of piperazine rings is 1. The molecule has 0 spiro atoms. The van der Waals surface area contributed by atoms with Gasteiger partial charge in [-0.05, 0) is 23.8 Å². The van der Waals surface area contributed by atoms with Gasteiger partial charge in [-0.25, -0.2) is 0 Å². The SMILES string of the molecule is COCCOC(=O)CC1C(=O)NCCN1C(=O)/C=C/c1ccc(OC)c(OC)c1. The van der Waals surface area contributed by atoms with E-state index in [2.05, 4.69) is 5.32 Å². The first kappa shape index (κ1) is 22.2. The van der Waals surface area contributed by atoms with E-state index >= 15 is 0 Å². The molecule has 1 N–H and O–H groups in total. The maximum absolute atomic E-state index is 12.7. The van der Waals surface area contributed by atoms with Crippen LogP contribution in [-0.4, -0.2) is 76.4 Å². The van der Waals surface area contributed by atoms with Gasteiger partial charge in [0.15, 0.2) is 11.5 Å². The zero-order valence-corrected chi connectivity index (χ0v) is 16.8. The summed E-state index contributed by atoms with van der Waals surface area (Å²) in [6.45, 7) is 0.983. The summed E-state index contributed by atoms with van der Waals surface area (Å²) in [6, 6.07) is 4.33. The van der Waals surface area contributed by atoms with Crippen molar-refractivity contribution in [1.29, 1.82) is 0 Å². The number of hydrogen-bond acceptors (Lipinski definition) is 7. The third-order valence-electron chi connectivity index (χ3n) is 4.35. The van der Waals surface area contributed by atoms with E-state index in [-0.39, 0.29) is 31.4 Å². The summed E-state index contributed by atoms with van der Waals surface area (Å²) in [5.74, 6) is -0.199. The van der Waals surface area contributed by atoms with E-state index in [0.29, 0.717) is 24.6 Å². The van der Waals surface area contributed by atoms with E-state index in [4.69, 9.17) is 18.9 Å². The van der Waals surface area contributed by atoms with Crippen molar-refractivity contribution in [3.8, 4) is 11.5 Å². The number of esters is 1. The number of ether oxygens (including phenoxy) is 4. The molecule has 9 heteroatoms. The van der Waals surface area contributed by atoms with Crippen LogP contribution in [0, 0.1) is 0 Å². The second kappa shape index (κ2) is 11.1. The van der Waals surface area contributed by atoms with Gasteiger partial charge in [-0.2, -0.15) is 0 Å². The van der Waals surface area contributed by atoms with E-state index in [1.807, 2.05) is 0 Å². The molecule has 2 amide bonds. The molecule has 2 rings (SSSR count). The van der Waals surface area contributed by atoms with Crippen LogP contribution in [0.1, 0.15) is 12.0 Å². The Morgan fingerprint density at radius 1 is 1.17 bits per heavy atom. The van der Waals surface area contributed by atoms with Gasteiger partial charge < -0.3 is 29.2 Å². The monoisotopic (exact) mass is 406 g/mol. The number of nitrogens with one attached hydrogen (secondary N) is 1. The number of carbonyl (C=O) groups is 3.